The van der Waals surface area contributed by atoms with Gasteiger partial charge < -0.3 is 29.6 Å². The van der Waals surface area contributed by atoms with Crippen molar-refractivity contribution in [3.8, 4) is 0 Å². The van der Waals surface area contributed by atoms with E-state index in [0.29, 0.717) is 31.9 Å². The molecule has 196 valence electrons. The highest BCUT2D eigenvalue weighted by atomic mass is 35.5. The number of benzene rings is 1. The molecule has 0 spiro atoms. The van der Waals surface area contributed by atoms with Crippen molar-refractivity contribution in [3.05, 3.63) is 54.0 Å². The van der Waals surface area contributed by atoms with Gasteiger partial charge in [-0.2, -0.15) is 13.2 Å². The van der Waals surface area contributed by atoms with Crippen molar-refractivity contribution in [3.63, 3.8) is 0 Å². The molecule has 0 bridgehead atoms. The molecule has 1 aromatic heterocycles. The Balaban J connectivity index is 0.00000216. The normalized spacial score (nSPS) is 25.0. The molecule has 1 aromatic carbocycles. The number of anilines is 1. The van der Waals surface area contributed by atoms with E-state index < -0.39 is 42.0 Å². The predicted molar refractivity (Wildman–Crippen MR) is 126 cm³/mol. The Bertz CT molecular complexity index is 943. The lowest BCUT2D eigenvalue weighted by Crippen LogP contribution is -2.57. The number of aliphatic hydroxyl groups excluding tert-OH is 2. The number of carbonyl (C=O) groups is 1. The summed E-state index contributed by atoms with van der Waals surface area (Å²) in [5.74, 6) is -0.267. The van der Waals surface area contributed by atoms with Crippen molar-refractivity contribution in [2.45, 2.75) is 30.5 Å². The third-order valence-corrected chi connectivity index (χ3v) is 6.12. The van der Waals surface area contributed by atoms with Crippen LogP contribution < -0.4 is 10.2 Å². The third-order valence-electron chi connectivity index (χ3n) is 6.12. The second-order valence-corrected chi connectivity index (χ2v) is 8.14. The molecule has 2 fully saturated rings. The van der Waals surface area contributed by atoms with Crippen LogP contribution in [0.3, 0.4) is 0 Å². The lowest BCUT2D eigenvalue weighted by atomic mass is 10.0. The van der Waals surface area contributed by atoms with Gasteiger partial charge in [-0.15, -0.1) is 24.8 Å². The van der Waals surface area contributed by atoms with Gasteiger partial charge in [-0.3, -0.25) is 9.69 Å². The third kappa shape index (κ3) is 6.60. The summed E-state index contributed by atoms with van der Waals surface area (Å²) in [6.07, 6.45) is -5.35. The largest absolute Gasteiger partial charge is 0.459 e. The lowest BCUT2D eigenvalue weighted by molar-refractivity contribution is -0.137. The van der Waals surface area contributed by atoms with Crippen LogP contribution in [0.1, 0.15) is 16.1 Å². The molecule has 2 aliphatic rings. The number of nitrogens with one attached hydrogen (secondary N) is 1. The number of halogens is 5. The Hall–Kier alpha value is -2.02. The minimum Gasteiger partial charge on any atom is -0.459 e. The van der Waals surface area contributed by atoms with Crippen LogP contribution in [0.5, 0.6) is 0 Å². The highest BCUT2D eigenvalue weighted by Gasteiger charge is 2.47. The maximum atomic E-state index is 13.1. The number of alkyl halides is 3. The van der Waals surface area contributed by atoms with Crippen molar-refractivity contribution < 1.29 is 37.3 Å². The van der Waals surface area contributed by atoms with E-state index in [0.717, 1.165) is 12.1 Å². The molecule has 1 amide bonds. The van der Waals surface area contributed by atoms with E-state index >= 15 is 0 Å². The van der Waals surface area contributed by atoms with Crippen molar-refractivity contribution in [1.29, 1.82) is 0 Å². The fraction of sp³-hybridized carbons (Fsp3) is 0.500. The predicted octanol–water partition coefficient (Wildman–Crippen LogP) is 2.18. The number of hydrogen-bond acceptors (Lipinski definition) is 7. The van der Waals surface area contributed by atoms with Crippen molar-refractivity contribution in [2.75, 3.05) is 44.2 Å². The molecule has 0 saturated carbocycles. The summed E-state index contributed by atoms with van der Waals surface area (Å²) in [6.45, 7) is 1.60. The topological polar surface area (TPSA) is 98.4 Å². The summed E-state index contributed by atoms with van der Waals surface area (Å²) >= 11 is 0. The van der Waals surface area contributed by atoms with Gasteiger partial charge in [0, 0.05) is 38.4 Å². The summed E-state index contributed by atoms with van der Waals surface area (Å²) in [6, 6.07) is 7.86. The molecule has 0 unspecified atom stereocenters. The molecule has 13 heteroatoms. The van der Waals surface area contributed by atoms with Crippen LogP contribution in [0.25, 0.3) is 0 Å². The quantitative estimate of drug-likeness (QED) is 0.515. The molecule has 0 aliphatic carbocycles. The van der Waals surface area contributed by atoms with E-state index in [9.17, 15) is 28.2 Å². The molecule has 2 aliphatic heterocycles. The monoisotopic (exact) mass is 541 g/mol. The van der Waals surface area contributed by atoms with E-state index in [1.807, 2.05) is 9.80 Å². The van der Waals surface area contributed by atoms with Crippen LogP contribution in [0, 0.1) is 0 Å². The van der Waals surface area contributed by atoms with Crippen molar-refractivity contribution >= 4 is 36.4 Å². The second-order valence-electron chi connectivity index (χ2n) is 8.14. The van der Waals surface area contributed by atoms with Gasteiger partial charge in [-0.05, 0) is 30.3 Å². The first kappa shape index (κ1) is 29.2. The maximum Gasteiger partial charge on any atom is 0.416 e. The minimum absolute atomic E-state index is 0. The van der Waals surface area contributed by atoms with Gasteiger partial charge in [0.1, 0.15) is 12.2 Å². The fourth-order valence-electron chi connectivity index (χ4n) is 4.44. The molecule has 35 heavy (non-hydrogen) atoms. The SMILES string of the molecule is Cl.Cl.O=C(NC[C@H]1O[C@@H](CO)[C@@H](O)[C@H]1N1CCN(c2cccc(C(F)(F)F)c2)CC1)c1ccco1. The molecule has 2 aromatic rings. The summed E-state index contributed by atoms with van der Waals surface area (Å²) in [5.41, 5.74) is -0.205. The maximum absolute atomic E-state index is 13.1. The zero-order valence-corrected chi connectivity index (χ0v) is 20.2. The first-order valence-electron chi connectivity index (χ1n) is 10.7. The number of hydrogen-bond donors (Lipinski definition) is 3. The van der Waals surface area contributed by atoms with Crippen LogP contribution in [-0.4, -0.2) is 84.7 Å². The molecule has 3 heterocycles. The van der Waals surface area contributed by atoms with Crippen molar-refractivity contribution in [1.82, 2.24) is 10.2 Å². The number of rotatable bonds is 6. The highest BCUT2D eigenvalue weighted by Crippen LogP contribution is 2.32. The standard InChI is InChI=1S/C22H26F3N3O5.2ClH/c23-22(24,25)14-3-1-4-15(11-14)27-6-8-28(9-7-27)19-17(33-18(13-29)20(19)30)12-26-21(31)16-5-2-10-32-16;;/h1-5,10-11,17-20,29-30H,6-9,12-13H2,(H,26,31);2*1H/t17-,18+,19+,20-;;/m1../s1. The summed E-state index contributed by atoms with van der Waals surface area (Å²) in [7, 11) is 0. The molecule has 2 saturated heterocycles. The summed E-state index contributed by atoms with van der Waals surface area (Å²) in [5, 5.41) is 23.0. The van der Waals surface area contributed by atoms with Crippen molar-refractivity contribution in [2.24, 2.45) is 0 Å². The van der Waals surface area contributed by atoms with E-state index in [-0.39, 0.29) is 43.7 Å². The molecule has 4 rings (SSSR count). The van der Waals surface area contributed by atoms with Gasteiger partial charge in [0.25, 0.3) is 5.91 Å². The zero-order chi connectivity index (χ0) is 23.6. The Morgan fingerprint density at radius 2 is 1.80 bits per heavy atom. The molecular formula is C22H28Cl2F3N3O5. The van der Waals surface area contributed by atoms with Gasteiger partial charge in [0.2, 0.25) is 0 Å². The first-order chi connectivity index (χ1) is 15.8. The highest BCUT2D eigenvalue weighted by molar-refractivity contribution is 5.91. The average molecular weight is 542 g/mol. The van der Waals surface area contributed by atoms with Crippen LogP contribution in [0.15, 0.2) is 47.1 Å². The molecular weight excluding hydrogens is 514 g/mol. The Kier molecular flexibility index (Phi) is 10.3. The summed E-state index contributed by atoms with van der Waals surface area (Å²) < 4.78 is 50.0. The smallest absolute Gasteiger partial charge is 0.416 e. The van der Waals surface area contributed by atoms with E-state index in [2.05, 4.69) is 5.32 Å². The number of furan rings is 1. The molecule has 3 N–H and O–H groups in total. The number of amides is 1. The van der Waals surface area contributed by atoms with Crippen LogP contribution in [0.4, 0.5) is 18.9 Å². The lowest BCUT2D eigenvalue weighted by Gasteiger charge is -2.41. The van der Waals surface area contributed by atoms with Gasteiger partial charge in [0.05, 0.1) is 30.6 Å². The van der Waals surface area contributed by atoms with Crippen LogP contribution in [-0.2, 0) is 10.9 Å². The number of aliphatic hydroxyl groups is 2. The molecule has 0 radical (unpaired) electrons. The van der Waals surface area contributed by atoms with E-state index in [4.69, 9.17) is 9.15 Å². The van der Waals surface area contributed by atoms with Gasteiger partial charge in [0.15, 0.2) is 5.76 Å². The van der Waals surface area contributed by atoms with Crippen LogP contribution in [0.2, 0.25) is 0 Å². The number of ether oxygens (including phenoxy) is 1. The van der Waals surface area contributed by atoms with E-state index in [1.165, 1.54) is 18.4 Å². The zero-order valence-electron chi connectivity index (χ0n) is 18.6. The average Bonchev–Trinajstić information content (AvgIpc) is 3.45. The number of nitrogens with zero attached hydrogens (tertiary/aromatic N) is 2. The fourth-order valence-corrected chi connectivity index (χ4v) is 4.44. The Labute approximate surface area is 212 Å². The Morgan fingerprint density at radius 3 is 2.40 bits per heavy atom. The van der Waals surface area contributed by atoms with Gasteiger partial charge >= 0.3 is 6.18 Å². The van der Waals surface area contributed by atoms with E-state index in [1.54, 1.807) is 12.1 Å². The Morgan fingerprint density at radius 1 is 1.09 bits per heavy atom. The summed E-state index contributed by atoms with van der Waals surface area (Å²) in [4.78, 5) is 16.1. The van der Waals surface area contributed by atoms with Crippen LogP contribution >= 0.6 is 24.8 Å². The minimum atomic E-state index is -4.41. The number of carbonyl (C=O) groups excluding carboxylic acids is 1. The number of piperazine rings is 1. The first-order valence-corrected chi connectivity index (χ1v) is 10.7. The molecule has 8 nitrogen and oxygen atoms in total. The second kappa shape index (κ2) is 12.3. The molecule has 4 atom stereocenters. The van der Waals surface area contributed by atoms with Gasteiger partial charge in [-0.1, -0.05) is 6.07 Å². The van der Waals surface area contributed by atoms with Gasteiger partial charge in [-0.25, -0.2) is 0 Å².